The maximum absolute atomic E-state index is 11.1. The van der Waals surface area contributed by atoms with E-state index in [1.807, 2.05) is 34.6 Å². The molecule has 5 nitrogen and oxygen atoms in total. The van der Waals surface area contributed by atoms with Crippen LogP contribution in [0, 0.1) is 17.8 Å². The standard InChI is InChI=1S/C10H19NO2.C8H14O.C3H8O.C2H6/c11-10(12)6-7-13-8-9-4-2-1-3-5-9;1-6(2)8(9)7-4-3-5-7;1-3-4-2;1-2/h9H,1-8H2,(H2,11,12);6-7H,3-5H2,1-2H3;3H2,1-2H3;1-2H3. The van der Waals surface area contributed by atoms with Gasteiger partial charge in [0.2, 0.25) is 5.91 Å². The molecule has 2 aliphatic carbocycles. The predicted octanol–water partition coefficient (Wildman–Crippen LogP) is 5.15. The molecule has 168 valence electrons. The number of rotatable bonds is 8. The van der Waals surface area contributed by atoms with Gasteiger partial charge in [-0.2, -0.15) is 0 Å². The molecule has 2 saturated carbocycles. The Morgan fingerprint density at radius 2 is 1.54 bits per heavy atom. The summed E-state index contributed by atoms with van der Waals surface area (Å²) in [7, 11) is 1.68. The molecule has 0 unspecified atom stereocenters. The van der Waals surface area contributed by atoms with Crippen LogP contribution < -0.4 is 5.73 Å². The van der Waals surface area contributed by atoms with E-state index in [0.29, 0.717) is 24.7 Å². The molecule has 0 aromatic rings. The summed E-state index contributed by atoms with van der Waals surface area (Å²) in [5, 5.41) is 0. The summed E-state index contributed by atoms with van der Waals surface area (Å²) in [5.41, 5.74) is 4.99. The van der Waals surface area contributed by atoms with Gasteiger partial charge in [0.1, 0.15) is 5.78 Å². The van der Waals surface area contributed by atoms with E-state index in [9.17, 15) is 9.59 Å². The third-order valence-corrected chi connectivity index (χ3v) is 4.94. The van der Waals surface area contributed by atoms with E-state index in [2.05, 4.69) is 4.74 Å². The van der Waals surface area contributed by atoms with E-state index in [1.165, 1.54) is 38.5 Å². The van der Waals surface area contributed by atoms with Crippen molar-refractivity contribution in [3.05, 3.63) is 0 Å². The highest BCUT2D eigenvalue weighted by Crippen LogP contribution is 2.29. The summed E-state index contributed by atoms with van der Waals surface area (Å²) >= 11 is 0. The number of amides is 1. The lowest BCUT2D eigenvalue weighted by Gasteiger charge is -2.25. The van der Waals surface area contributed by atoms with Crippen LogP contribution in [-0.2, 0) is 19.1 Å². The number of ketones is 1. The van der Waals surface area contributed by atoms with Crippen LogP contribution in [0.5, 0.6) is 0 Å². The first kappa shape index (κ1) is 29.3. The first-order valence-corrected chi connectivity index (χ1v) is 11.3. The molecule has 5 heteroatoms. The second-order valence-electron chi connectivity index (χ2n) is 7.56. The maximum Gasteiger partial charge on any atom is 0.219 e. The number of methoxy groups -OCH3 is 1. The van der Waals surface area contributed by atoms with E-state index in [-0.39, 0.29) is 11.8 Å². The Balaban J connectivity index is 0. The minimum atomic E-state index is -0.274. The van der Waals surface area contributed by atoms with Crippen molar-refractivity contribution < 1.29 is 19.1 Å². The summed E-state index contributed by atoms with van der Waals surface area (Å²) in [4.78, 5) is 21.5. The fourth-order valence-corrected chi connectivity index (χ4v) is 2.94. The van der Waals surface area contributed by atoms with Gasteiger partial charge in [0.25, 0.3) is 0 Å². The van der Waals surface area contributed by atoms with Crippen LogP contribution >= 0.6 is 0 Å². The Morgan fingerprint density at radius 3 is 1.86 bits per heavy atom. The van der Waals surface area contributed by atoms with Crippen molar-refractivity contribution in [2.24, 2.45) is 23.5 Å². The third-order valence-electron chi connectivity index (χ3n) is 4.94. The number of carbonyl (C=O) groups is 2. The normalized spacial score (nSPS) is 16.4. The van der Waals surface area contributed by atoms with Gasteiger partial charge in [-0.25, -0.2) is 0 Å². The van der Waals surface area contributed by atoms with Crippen LogP contribution in [0.3, 0.4) is 0 Å². The molecule has 2 aliphatic rings. The zero-order valence-corrected chi connectivity index (χ0v) is 19.4. The van der Waals surface area contributed by atoms with Crippen molar-refractivity contribution in [3.63, 3.8) is 0 Å². The van der Waals surface area contributed by atoms with E-state index < -0.39 is 0 Å². The van der Waals surface area contributed by atoms with Crippen molar-refractivity contribution >= 4 is 11.7 Å². The quantitative estimate of drug-likeness (QED) is 0.571. The molecule has 2 N–H and O–H groups in total. The van der Waals surface area contributed by atoms with Crippen molar-refractivity contribution in [2.75, 3.05) is 26.9 Å². The molecule has 0 saturated heterocycles. The Labute approximate surface area is 174 Å². The highest BCUT2D eigenvalue weighted by molar-refractivity contribution is 5.83. The first-order chi connectivity index (χ1) is 13.4. The Bertz CT molecular complexity index is 360. The topological polar surface area (TPSA) is 78.6 Å². The molecular formula is C23H47NO4. The number of nitrogens with two attached hydrogens (primary N) is 1. The number of Topliss-reactive ketones (excluding diaryl/α,β-unsaturated/α-hetero) is 1. The van der Waals surface area contributed by atoms with E-state index >= 15 is 0 Å². The van der Waals surface area contributed by atoms with E-state index in [4.69, 9.17) is 10.5 Å². The van der Waals surface area contributed by atoms with Crippen LogP contribution in [-0.4, -0.2) is 38.6 Å². The van der Waals surface area contributed by atoms with Crippen LogP contribution in [0.4, 0.5) is 0 Å². The molecule has 0 spiro atoms. The summed E-state index contributed by atoms with van der Waals surface area (Å²) in [5.74, 6) is 1.62. The van der Waals surface area contributed by atoms with Gasteiger partial charge in [0, 0.05) is 38.6 Å². The average molecular weight is 402 g/mol. The second-order valence-corrected chi connectivity index (χ2v) is 7.56. The largest absolute Gasteiger partial charge is 0.385 e. The Hall–Kier alpha value is -0.940. The van der Waals surface area contributed by atoms with Crippen molar-refractivity contribution in [1.82, 2.24) is 0 Å². The van der Waals surface area contributed by atoms with Crippen LogP contribution in [0.1, 0.15) is 92.4 Å². The van der Waals surface area contributed by atoms with Gasteiger partial charge in [-0.15, -0.1) is 0 Å². The maximum atomic E-state index is 11.1. The first-order valence-electron chi connectivity index (χ1n) is 11.3. The second kappa shape index (κ2) is 20.8. The summed E-state index contributed by atoms with van der Waals surface area (Å²) in [6.45, 7) is 12.1. The molecule has 0 atom stereocenters. The van der Waals surface area contributed by atoms with Crippen LogP contribution in [0.25, 0.3) is 0 Å². The molecule has 0 aromatic carbocycles. The fraction of sp³-hybridized carbons (Fsp3) is 0.913. The molecule has 0 bridgehead atoms. The summed E-state index contributed by atoms with van der Waals surface area (Å²) in [6, 6.07) is 0. The molecule has 0 aliphatic heterocycles. The third kappa shape index (κ3) is 17.2. The van der Waals surface area contributed by atoms with Gasteiger partial charge < -0.3 is 15.2 Å². The highest BCUT2D eigenvalue weighted by Gasteiger charge is 2.26. The molecule has 28 heavy (non-hydrogen) atoms. The van der Waals surface area contributed by atoms with Gasteiger partial charge in [-0.1, -0.05) is 53.4 Å². The van der Waals surface area contributed by atoms with Crippen molar-refractivity contribution in [2.45, 2.75) is 92.4 Å². The smallest absolute Gasteiger partial charge is 0.219 e. The Morgan fingerprint density at radius 1 is 1.00 bits per heavy atom. The molecule has 0 aromatic heterocycles. The van der Waals surface area contributed by atoms with E-state index in [1.54, 1.807) is 7.11 Å². The molecule has 2 rings (SSSR count). The molecule has 0 radical (unpaired) electrons. The minimum absolute atomic E-state index is 0.260. The lowest BCUT2D eigenvalue weighted by Crippen LogP contribution is -2.25. The lowest BCUT2D eigenvalue weighted by molar-refractivity contribution is -0.128. The average Bonchev–Trinajstić information content (AvgIpc) is 2.67. The van der Waals surface area contributed by atoms with Crippen molar-refractivity contribution in [1.29, 1.82) is 0 Å². The molecule has 0 heterocycles. The number of hydrogen-bond donors (Lipinski definition) is 1. The predicted molar refractivity (Wildman–Crippen MR) is 117 cm³/mol. The monoisotopic (exact) mass is 401 g/mol. The van der Waals surface area contributed by atoms with Gasteiger partial charge in [-0.3, -0.25) is 9.59 Å². The summed E-state index contributed by atoms with van der Waals surface area (Å²) < 4.78 is 9.92. The minimum Gasteiger partial charge on any atom is -0.385 e. The van der Waals surface area contributed by atoms with Crippen LogP contribution in [0.2, 0.25) is 0 Å². The van der Waals surface area contributed by atoms with Gasteiger partial charge >= 0.3 is 0 Å². The van der Waals surface area contributed by atoms with Gasteiger partial charge in [0.15, 0.2) is 0 Å². The summed E-state index contributed by atoms with van der Waals surface area (Å²) in [6.07, 6.45) is 10.5. The number of primary amides is 1. The van der Waals surface area contributed by atoms with Crippen molar-refractivity contribution in [3.8, 4) is 0 Å². The Kier molecular flexibility index (Phi) is 21.7. The molecule has 1 amide bonds. The molecule has 2 fully saturated rings. The highest BCUT2D eigenvalue weighted by atomic mass is 16.5. The van der Waals surface area contributed by atoms with Gasteiger partial charge in [0.05, 0.1) is 6.61 Å². The molecular weight excluding hydrogens is 354 g/mol. The van der Waals surface area contributed by atoms with Crippen LogP contribution in [0.15, 0.2) is 0 Å². The lowest BCUT2D eigenvalue weighted by atomic mass is 9.79. The fourth-order valence-electron chi connectivity index (χ4n) is 2.94. The number of ether oxygens (including phenoxy) is 2. The SMILES string of the molecule is CC.CC(C)C(=O)C1CCC1.CCOC.NC(=O)CCOCC1CCCCC1. The van der Waals surface area contributed by atoms with E-state index in [0.717, 1.165) is 32.0 Å². The zero-order chi connectivity index (χ0) is 21.8. The number of hydrogen-bond acceptors (Lipinski definition) is 4. The number of carbonyl (C=O) groups excluding carboxylic acids is 2. The van der Waals surface area contributed by atoms with Gasteiger partial charge in [-0.05, 0) is 38.5 Å². The zero-order valence-electron chi connectivity index (χ0n) is 19.4.